The van der Waals surface area contributed by atoms with Gasteiger partial charge in [0.1, 0.15) is 36.2 Å². The molecule has 1 aliphatic rings. The lowest BCUT2D eigenvalue weighted by Crippen LogP contribution is -2.42. The number of hydrogen-bond acceptors (Lipinski definition) is 12. The van der Waals surface area contributed by atoms with Crippen LogP contribution in [0.1, 0.15) is 78.1 Å². The number of nitrogens with zero attached hydrogens (tertiary/aromatic N) is 2. The van der Waals surface area contributed by atoms with Gasteiger partial charge in [0, 0.05) is 39.2 Å². The Morgan fingerprint density at radius 2 is 1.15 bits per heavy atom. The number of allylic oxidation sites excluding steroid dienone is 1. The van der Waals surface area contributed by atoms with E-state index in [1.807, 2.05) is 24.3 Å². The van der Waals surface area contributed by atoms with Crippen molar-refractivity contribution in [2.24, 2.45) is 0 Å². The summed E-state index contributed by atoms with van der Waals surface area (Å²) in [4.78, 5) is 49.5. The highest BCUT2D eigenvalue weighted by molar-refractivity contribution is 7.22. The zero-order valence-corrected chi connectivity index (χ0v) is 43.2. The molecule has 0 unspecified atom stereocenters. The van der Waals surface area contributed by atoms with Crippen molar-refractivity contribution < 1.29 is 59.3 Å². The first kappa shape index (κ1) is 56.5. The number of likely N-dealkylation sites (tertiary alicyclic amines) is 1. The van der Waals surface area contributed by atoms with Gasteiger partial charge in [0.2, 0.25) is 0 Å². The first-order chi connectivity index (χ1) is 36.0. The summed E-state index contributed by atoms with van der Waals surface area (Å²) in [6.45, 7) is 7.67. The van der Waals surface area contributed by atoms with Gasteiger partial charge in [-0.2, -0.15) is 0 Å². The molecule has 15 heteroatoms. The predicted molar refractivity (Wildman–Crippen MR) is 293 cm³/mol. The summed E-state index contributed by atoms with van der Waals surface area (Å²) in [7, 11) is 4.11. The number of carboxylic acids is 3. The van der Waals surface area contributed by atoms with Crippen molar-refractivity contribution in [3.63, 3.8) is 0 Å². The van der Waals surface area contributed by atoms with Gasteiger partial charge in [-0.1, -0.05) is 86.1 Å². The molecule has 1 aromatic heterocycles. The van der Waals surface area contributed by atoms with Crippen LogP contribution in [0.25, 0.3) is 31.7 Å². The molecule has 0 amide bonds. The molecule has 0 radical (unpaired) electrons. The number of likely N-dealkylation sites (N-methyl/N-ethyl adjacent to an activating group) is 1. The molecular formula is C60H64N2O12S. The standard InChI is InChI=1S/C28H27NO4S.C26H29NO.C6H8O7/c30-21-8-4-20(5-9-21)28-26(24-13-10-22(31)18-25(24)34-28)27(32)19-6-11-23(12-7-19)33-17-16-29-14-2-1-3-15-29;1-4-25(21-11-7-5-8-12-21)26(22-13-9-6-10-14-22)23-15-17-24(18-16-23)28-20-19-27(2)3;7-3(8)1-6(13,5(11)12)2-4(9)10/h4-13,18,30-31H,1-3,14-17H2;5-18H,4,19-20H2,1-3H3;13H,1-2H2,(H,7,8)(H,9,10)(H,11,12)/b;26-25-;. The Morgan fingerprint density at radius 1 is 0.627 bits per heavy atom. The average Bonchev–Trinajstić information content (AvgIpc) is 3.77. The molecule has 0 bridgehead atoms. The number of carbonyl (C=O) groups excluding carboxylic acids is 1. The van der Waals surface area contributed by atoms with Crippen LogP contribution in [0.15, 0.2) is 152 Å². The number of benzene rings is 6. The molecule has 7 aromatic rings. The van der Waals surface area contributed by atoms with E-state index < -0.39 is 36.4 Å². The third-order valence-electron chi connectivity index (χ3n) is 12.3. The van der Waals surface area contributed by atoms with Crippen molar-refractivity contribution >= 4 is 56.3 Å². The van der Waals surface area contributed by atoms with E-state index in [-0.39, 0.29) is 17.3 Å². The molecule has 392 valence electrons. The molecule has 8 rings (SSSR count). The smallest absolute Gasteiger partial charge is 0.336 e. The Morgan fingerprint density at radius 3 is 1.68 bits per heavy atom. The topological polar surface area (TPSA) is 215 Å². The first-order valence-electron chi connectivity index (χ1n) is 24.7. The van der Waals surface area contributed by atoms with E-state index in [2.05, 4.69) is 116 Å². The first-order valence-corrected chi connectivity index (χ1v) is 25.5. The quantitative estimate of drug-likeness (QED) is 0.0310. The predicted octanol–water partition coefficient (Wildman–Crippen LogP) is 10.8. The highest BCUT2D eigenvalue weighted by Crippen LogP contribution is 2.42. The lowest BCUT2D eigenvalue weighted by molar-refractivity contribution is -0.170. The van der Waals surface area contributed by atoms with E-state index in [0.29, 0.717) is 24.3 Å². The summed E-state index contributed by atoms with van der Waals surface area (Å²) in [5.41, 5.74) is 5.66. The molecule has 6 N–H and O–H groups in total. The summed E-state index contributed by atoms with van der Waals surface area (Å²) in [5.74, 6) is -3.10. The van der Waals surface area contributed by atoms with Crippen molar-refractivity contribution in [1.82, 2.24) is 9.80 Å². The fraction of sp³-hybridized carbons (Fsp3) is 0.267. The van der Waals surface area contributed by atoms with Crippen LogP contribution < -0.4 is 9.47 Å². The molecule has 1 saturated heterocycles. The van der Waals surface area contributed by atoms with Crippen LogP contribution in [0.4, 0.5) is 0 Å². The molecule has 1 aliphatic heterocycles. The maximum absolute atomic E-state index is 13.6. The van der Waals surface area contributed by atoms with Crippen molar-refractivity contribution in [1.29, 1.82) is 0 Å². The summed E-state index contributed by atoms with van der Waals surface area (Å²) >= 11 is 1.46. The summed E-state index contributed by atoms with van der Waals surface area (Å²) in [6, 6.07) is 49.0. The number of fused-ring (bicyclic) bond motifs is 1. The van der Waals surface area contributed by atoms with Gasteiger partial charge < -0.3 is 45.0 Å². The van der Waals surface area contributed by atoms with Crippen molar-refractivity contribution in [2.75, 3.05) is 53.5 Å². The van der Waals surface area contributed by atoms with Crippen LogP contribution in [-0.2, 0) is 14.4 Å². The molecule has 0 aliphatic carbocycles. The Kier molecular flexibility index (Phi) is 20.7. The summed E-state index contributed by atoms with van der Waals surface area (Å²) < 4.78 is 12.6. The fourth-order valence-electron chi connectivity index (χ4n) is 8.51. The maximum atomic E-state index is 13.6. The van der Waals surface area contributed by atoms with Gasteiger partial charge in [0.25, 0.3) is 0 Å². The Bertz CT molecular complexity index is 2990. The second kappa shape index (κ2) is 27.5. The zero-order valence-electron chi connectivity index (χ0n) is 42.4. The number of ether oxygens (including phenoxy) is 2. The largest absolute Gasteiger partial charge is 0.508 e. The molecule has 6 aromatic carbocycles. The van der Waals surface area contributed by atoms with Crippen molar-refractivity contribution in [3.8, 4) is 33.4 Å². The van der Waals surface area contributed by atoms with Crippen LogP contribution in [-0.4, -0.2) is 123 Å². The van der Waals surface area contributed by atoms with Crippen LogP contribution in [0.3, 0.4) is 0 Å². The lowest BCUT2D eigenvalue weighted by Gasteiger charge is -2.26. The molecule has 75 heavy (non-hydrogen) atoms. The molecule has 14 nitrogen and oxygen atoms in total. The maximum Gasteiger partial charge on any atom is 0.336 e. The monoisotopic (exact) mass is 1040 g/mol. The number of thiophene rings is 1. The number of aromatic hydroxyl groups is 2. The Hall–Kier alpha value is -7.82. The molecular weight excluding hydrogens is 973 g/mol. The number of phenols is 2. The summed E-state index contributed by atoms with van der Waals surface area (Å²) in [6.07, 6.45) is 2.53. The van der Waals surface area contributed by atoms with E-state index in [1.54, 1.807) is 42.5 Å². The van der Waals surface area contributed by atoms with E-state index in [4.69, 9.17) is 29.9 Å². The minimum absolute atomic E-state index is 0.0834. The van der Waals surface area contributed by atoms with E-state index >= 15 is 0 Å². The number of piperidine rings is 1. The van der Waals surface area contributed by atoms with Crippen LogP contribution >= 0.6 is 11.3 Å². The SMILES string of the molecule is CC/C(=C(\c1ccccc1)c1ccc(OCCN(C)C)cc1)c1ccccc1.O=C(O)CC(O)(CC(=O)O)C(=O)O.O=C(c1ccc(OCCN2CCCCC2)cc1)c1c(-c2ccc(O)cc2)sc2cc(O)ccc12. The van der Waals surface area contributed by atoms with Gasteiger partial charge in [-0.05, 0) is 159 Å². The van der Waals surface area contributed by atoms with Crippen LogP contribution in [0.5, 0.6) is 23.0 Å². The number of carbonyl (C=O) groups is 4. The highest BCUT2D eigenvalue weighted by Gasteiger charge is 2.40. The third-order valence-corrected chi connectivity index (χ3v) is 13.5. The lowest BCUT2D eigenvalue weighted by atomic mass is 9.88. The normalized spacial score (nSPS) is 12.9. The van der Waals surface area contributed by atoms with Crippen LogP contribution in [0, 0.1) is 0 Å². The molecule has 0 saturated carbocycles. The minimum Gasteiger partial charge on any atom is -0.508 e. The van der Waals surface area contributed by atoms with Gasteiger partial charge in [-0.3, -0.25) is 19.3 Å². The molecule has 0 atom stereocenters. The van der Waals surface area contributed by atoms with Crippen molar-refractivity contribution in [3.05, 3.63) is 179 Å². The Balaban J connectivity index is 0.000000201. The number of aliphatic hydroxyl groups is 1. The second-order valence-electron chi connectivity index (χ2n) is 18.2. The fourth-order valence-corrected chi connectivity index (χ4v) is 9.75. The zero-order chi connectivity index (χ0) is 53.9. The van der Waals surface area contributed by atoms with E-state index in [0.717, 1.165) is 64.6 Å². The van der Waals surface area contributed by atoms with Gasteiger partial charge in [0.05, 0.1) is 12.8 Å². The number of phenolic OH excluding ortho intramolecular Hbond substituents is 2. The molecule has 1 fully saturated rings. The molecule has 2 heterocycles. The van der Waals surface area contributed by atoms with Crippen molar-refractivity contribution in [2.45, 2.75) is 51.0 Å². The minimum atomic E-state index is -2.74. The summed E-state index contributed by atoms with van der Waals surface area (Å²) in [5, 5.41) is 54.3. The second-order valence-corrected chi connectivity index (χ2v) is 19.3. The van der Waals surface area contributed by atoms with E-state index in [9.17, 15) is 29.4 Å². The Labute approximate surface area is 441 Å². The number of carboxylic acid groups (broad SMARTS) is 3. The number of hydrogen-bond donors (Lipinski definition) is 6. The number of ketones is 1. The number of rotatable bonds is 20. The van der Waals surface area contributed by atoms with E-state index in [1.165, 1.54) is 58.4 Å². The van der Waals surface area contributed by atoms with Gasteiger partial charge >= 0.3 is 17.9 Å². The third kappa shape index (κ3) is 16.3. The molecule has 0 spiro atoms. The van der Waals surface area contributed by atoms with Gasteiger partial charge in [-0.15, -0.1) is 11.3 Å². The van der Waals surface area contributed by atoms with Gasteiger partial charge in [-0.25, -0.2) is 4.79 Å². The number of aliphatic carboxylic acids is 3. The highest BCUT2D eigenvalue weighted by atomic mass is 32.1. The average molecular weight is 1040 g/mol. The van der Waals surface area contributed by atoms with Crippen LogP contribution in [0.2, 0.25) is 0 Å². The van der Waals surface area contributed by atoms with Gasteiger partial charge in [0.15, 0.2) is 11.4 Å².